The van der Waals surface area contributed by atoms with Crippen molar-refractivity contribution in [3.05, 3.63) is 63.2 Å². The quantitative estimate of drug-likeness (QED) is 0.636. The van der Waals surface area contributed by atoms with Gasteiger partial charge in [0.25, 0.3) is 5.69 Å². The fourth-order valence-corrected chi connectivity index (χ4v) is 2.98. The summed E-state index contributed by atoms with van der Waals surface area (Å²) < 4.78 is 0. The standard InChI is InChI=1S/C15H15ClN2O2S/c16-12-3-6-14(7-4-12)21-15-8-5-13(18(19)20)10-11(15)2-1-9-17/h3-8,10H,1-2,9,17H2. The number of nitrogens with two attached hydrogens (primary N) is 1. The normalized spacial score (nSPS) is 10.6. The van der Waals surface area contributed by atoms with Crippen LogP contribution in [0.3, 0.4) is 0 Å². The predicted octanol–water partition coefficient (Wildman–Crippen LogP) is 4.29. The summed E-state index contributed by atoms with van der Waals surface area (Å²) in [6, 6.07) is 12.5. The van der Waals surface area contributed by atoms with Crippen molar-refractivity contribution < 1.29 is 4.92 Å². The van der Waals surface area contributed by atoms with Crippen molar-refractivity contribution >= 4 is 29.1 Å². The molecule has 0 amide bonds. The molecule has 2 N–H and O–H groups in total. The van der Waals surface area contributed by atoms with E-state index < -0.39 is 0 Å². The van der Waals surface area contributed by atoms with Crippen molar-refractivity contribution in [1.82, 2.24) is 0 Å². The average molecular weight is 323 g/mol. The summed E-state index contributed by atoms with van der Waals surface area (Å²) in [6.45, 7) is 0.563. The van der Waals surface area contributed by atoms with Gasteiger partial charge in [0.2, 0.25) is 0 Å². The Morgan fingerprint density at radius 3 is 2.52 bits per heavy atom. The third-order valence-corrected chi connectivity index (χ3v) is 4.32. The van der Waals surface area contributed by atoms with E-state index in [-0.39, 0.29) is 10.6 Å². The minimum absolute atomic E-state index is 0.113. The van der Waals surface area contributed by atoms with Gasteiger partial charge in [0.05, 0.1) is 4.92 Å². The zero-order chi connectivity index (χ0) is 15.2. The molecule has 0 radical (unpaired) electrons. The highest BCUT2D eigenvalue weighted by atomic mass is 35.5. The Kier molecular flexibility index (Phi) is 5.61. The highest BCUT2D eigenvalue weighted by Gasteiger charge is 2.11. The summed E-state index contributed by atoms with van der Waals surface area (Å²) in [7, 11) is 0. The molecule has 0 unspecified atom stereocenters. The highest BCUT2D eigenvalue weighted by molar-refractivity contribution is 7.99. The summed E-state index contributed by atoms with van der Waals surface area (Å²) in [5.41, 5.74) is 6.60. The fourth-order valence-electron chi connectivity index (χ4n) is 1.90. The maximum absolute atomic E-state index is 10.9. The summed E-state index contributed by atoms with van der Waals surface area (Å²) in [5, 5.41) is 11.6. The molecule has 0 aliphatic carbocycles. The van der Waals surface area contributed by atoms with Gasteiger partial charge in [-0.15, -0.1) is 0 Å². The number of nitro benzene ring substituents is 1. The highest BCUT2D eigenvalue weighted by Crippen LogP contribution is 2.33. The molecule has 0 saturated heterocycles. The number of halogens is 1. The fraction of sp³-hybridized carbons (Fsp3) is 0.200. The third kappa shape index (κ3) is 4.46. The van der Waals surface area contributed by atoms with E-state index in [1.807, 2.05) is 24.3 Å². The minimum Gasteiger partial charge on any atom is -0.330 e. The van der Waals surface area contributed by atoms with Gasteiger partial charge in [-0.1, -0.05) is 23.4 Å². The maximum atomic E-state index is 10.9. The SMILES string of the molecule is NCCCc1cc([N+](=O)[O-])ccc1Sc1ccc(Cl)cc1. The predicted molar refractivity (Wildman–Crippen MR) is 86.0 cm³/mol. The Morgan fingerprint density at radius 1 is 1.19 bits per heavy atom. The molecule has 110 valence electrons. The molecule has 0 heterocycles. The summed E-state index contributed by atoms with van der Waals surface area (Å²) in [4.78, 5) is 12.6. The Morgan fingerprint density at radius 2 is 1.90 bits per heavy atom. The van der Waals surface area contributed by atoms with Crippen LogP contribution in [0, 0.1) is 10.1 Å². The van der Waals surface area contributed by atoms with Crippen molar-refractivity contribution in [1.29, 1.82) is 0 Å². The second kappa shape index (κ2) is 7.45. The number of benzene rings is 2. The molecule has 0 fully saturated rings. The molecule has 4 nitrogen and oxygen atoms in total. The van der Waals surface area contributed by atoms with Crippen molar-refractivity contribution in [2.75, 3.05) is 6.54 Å². The first-order valence-electron chi connectivity index (χ1n) is 6.51. The van der Waals surface area contributed by atoms with Gasteiger partial charge in [0.1, 0.15) is 0 Å². The van der Waals surface area contributed by atoms with Crippen LogP contribution in [0.5, 0.6) is 0 Å². The molecule has 0 aromatic heterocycles. The molecular weight excluding hydrogens is 308 g/mol. The van der Waals surface area contributed by atoms with E-state index in [1.165, 1.54) is 6.07 Å². The molecule has 0 bridgehead atoms. The van der Waals surface area contributed by atoms with Gasteiger partial charge in [0, 0.05) is 26.9 Å². The van der Waals surface area contributed by atoms with Crippen LogP contribution in [-0.4, -0.2) is 11.5 Å². The van der Waals surface area contributed by atoms with E-state index in [9.17, 15) is 10.1 Å². The van der Waals surface area contributed by atoms with Gasteiger partial charge in [-0.05, 0) is 55.3 Å². The second-order valence-electron chi connectivity index (χ2n) is 4.50. The molecule has 2 aromatic carbocycles. The molecule has 21 heavy (non-hydrogen) atoms. The number of non-ortho nitro benzene ring substituents is 1. The van der Waals surface area contributed by atoms with Crippen LogP contribution in [0.25, 0.3) is 0 Å². The first-order chi connectivity index (χ1) is 10.1. The number of rotatable bonds is 6. The molecule has 0 saturated carbocycles. The first-order valence-corrected chi connectivity index (χ1v) is 7.70. The Bertz CT molecular complexity index is 632. The molecule has 0 spiro atoms. The molecule has 0 aliphatic rings. The lowest BCUT2D eigenvalue weighted by molar-refractivity contribution is -0.385. The van der Waals surface area contributed by atoms with Gasteiger partial charge in [-0.2, -0.15) is 0 Å². The van der Waals surface area contributed by atoms with E-state index in [1.54, 1.807) is 23.9 Å². The average Bonchev–Trinajstić information content (AvgIpc) is 2.48. The van der Waals surface area contributed by atoms with Gasteiger partial charge < -0.3 is 5.73 Å². The van der Waals surface area contributed by atoms with Crippen molar-refractivity contribution in [2.24, 2.45) is 5.73 Å². The van der Waals surface area contributed by atoms with Crippen LogP contribution in [0.1, 0.15) is 12.0 Å². The van der Waals surface area contributed by atoms with Gasteiger partial charge >= 0.3 is 0 Å². The maximum Gasteiger partial charge on any atom is 0.269 e. The van der Waals surface area contributed by atoms with Crippen LogP contribution in [0.2, 0.25) is 5.02 Å². The number of aryl methyl sites for hydroxylation is 1. The van der Waals surface area contributed by atoms with Gasteiger partial charge in [0.15, 0.2) is 0 Å². The van der Waals surface area contributed by atoms with E-state index in [0.29, 0.717) is 11.6 Å². The Hall–Kier alpha value is -1.56. The number of hydrogen-bond acceptors (Lipinski definition) is 4. The van der Waals surface area contributed by atoms with E-state index in [4.69, 9.17) is 17.3 Å². The first kappa shape index (κ1) is 15.8. The molecule has 0 aliphatic heterocycles. The van der Waals surface area contributed by atoms with Crippen LogP contribution in [-0.2, 0) is 6.42 Å². The summed E-state index contributed by atoms with van der Waals surface area (Å²) in [5.74, 6) is 0. The lowest BCUT2D eigenvalue weighted by atomic mass is 10.1. The lowest BCUT2D eigenvalue weighted by Gasteiger charge is -2.09. The van der Waals surface area contributed by atoms with Crippen LogP contribution in [0.4, 0.5) is 5.69 Å². The van der Waals surface area contributed by atoms with E-state index in [2.05, 4.69) is 0 Å². The van der Waals surface area contributed by atoms with E-state index in [0.717, 1.165) is 28.2 Å². The molecule has 6 heteroatoms. The molecule has 2 rings (SSSR count). The summed E-state index contributed by atoms with van der Waals surface area (Å²) >= 11 is 7.44. The van der Waals surface area contributed by atoms with Gasteiger partial charge in [-0.3, -0.25) is 10.1 Å². The third-order valence-electron chi connectivity index (χ3n) is 2.95. The zero-order valence-corrected chi connectivity index (χ0v) is 12.9. The lowest BCUT2D eigenvalue weighted by Crippen LogP contribution is -2.01. The smallest absolute Gasteiger partial charge is 0.269 e. The van der Waals surface area contributed by atoms with Crippen LogP contribution >= 0.6 is 23.4 Å². The molecular formula is C15H15ClN2O2S. The number of nitro groups is 1. The molecule has 0 atom stereocenters. The Labute approximate surface area is 132 Å². The second-order valence-corrected chi connectivity index (χ2v) is 6.05. The Balaban J connectivity index is 2.28. The largest absolute Gasteiger partial charge is 0.330 e. The minimum atomic E-state index is -0.372. The molecule has 2 aromatic rings. The topological polar surface area (TPSA) is 69.2 Å². The van der Waals surface area contributed by atoms with Crippen LogP contribution < -0.4 is 5.73 Å². The van der Waals surface area contributed by atoms with Crippen LogP contribution in [0.15, 0.2) is 52.3 Å². The van der Waals surface area contributed by atoms with E-state index >= 15 is 0 Å². The zero-order valence-electron chi connectivity index (χ0n) is 11.3. The van der Waals surface area contributed by atoms with Crippen molar-refractivity contribution in [2.45, 2.75) is 22.6 Å². The van der Waals surface area contributed by atoms with Gasteiger partial charge in [-0.25, -0.2) is 0 Å². The number of hydrogen-bond donors (Lipinski definition) is 1. The van der Waals surface area contributed by atoms with Crippen molar-refractivity contribution in [3.8, 4) is 0 Å². The number of nitrogens with zero attached hydrogens (tertiary/aromatic N) is 1. The van der Waals surface area contributed by atoms with Crippen molar-refractivity contribution in [3.63, 3.8) is 0 Å². The summed E-state index contributed by atoms with van der Waals surface area (Å²) in [6.07, 6.45) is 1.53. The monoisotopic (exact) mass is 322 g/mol.